The highest BCUT2D eigenvalue weighted by Crippen LogP contribution is 2.32. The molecule has 0 saturated heterocycles. The van der Waals surface area contributed by atoms with Crippen molar-refractivity contribution >= 4 is 45.9 Å². The fourth-order valence-electron chi connectivity index (χ4n) is 2.43. The van der Waals surface area contributed by atoms with E-state index in [0.29, 0.717) is 31.6 Å². The Morgan fingerprint density at radius 1 is 1.15 bits per heavy atom. The number of fused-ring (bicyclic) bond motifs is 1. The summed E-state index contributed by atoms with van der Waals surface area (Å²) in [5.41, 5.74) is 1.33. The van der Waals surface area contributed by atoms with E-state index in [-0.39, 0.29) is 18.1 Å². The summed E-state index contributed by atoms with van der Waals surface area (Å²) in [6, 6.07) is 9.02. The molecule has 0 N–H and O–H groups in total. The Hall–Kier alpha value is -2.25. The molecule has 0 spiro atoms. The van der Waals surface area contributed by atoms with Crippen LogP contribution in [-0.4, -0.2) is 23.6 Å². The number of hydrogen-bond acceptors (Lipinski definition) is 3. The lowest BCUT2D eigenvalue weighted by Gasteiger charge is -2.21. The average Bonchev–Trinajstić information content (AvgIpc) is 3.00. The summed E-state index contributed by atoms with van der Waals surface area (Å²) in [7, 11) is 0. The molecule has 136 valence electrons. The van der Waals surface area contributed by atoms with Gasteiger partial charge in [-0.25, -0.2) is 4.98 Å². The highest BCUT2D eigenvalue weighted by atomic mass is 35.5. The summed E-state index contributed by atoms with van der Waals surface area (Å²) < 4.78 is 43.8. The minimum absolute atomic E-state index is 0.0799. The maximum Gasteiger partial charge on any atom is 0.471 e. The van der Waals surface area contributed by atoms with Crippen LogP contribution in [0.4, 0.5) is 18.9 Å². The first-order valence-corrected chi connectivity index (χ1v) is 8.21. The summed E-state index contributed by atoms with van der Waals surface area (Å²) in [5.74, 6) is -1.70. The van der Waals surface area contributed by atoms with Crippen LogP contribution in [0.5, 0.6) is 0 Å². The van der Waals surface area contributed by atoms with Crippen molar-refractivity contribution in [2.75, 3.05) is 11.4 Å². The van der Waals surface area contributed by atoms with E-state index in [1.54, 1.807) is 18.2 Å². The lowest BCUT2D eigenvalue weighted by Crippen LogP contribution is -2.41. The van der Waals surface area contributed by atoms with E-state index in [9.17, 15) is 18.0 Å². The highest BCUT2D eigenvalue weighted by molar-refractivity contribution is 6.42. The second kappa shape index (κ2) is 6.81. The third kappa shape index (κ3) is 3.50. The van der Waals surface area contributed by atoms with Crippen molar-refractivity contribution in [3.63, 3.8) is 0 Å². The van der Waals surface area contributed by atoms with Gasteiger partial charge in [-0.15, -0.1) is 0 Å². The van der Waals surface area contributed by atoms with Crippen LogP contribution < -0.4 is 4.90 Å². The van der Waals surface area contributed by atoms with Crippen molar-refractivity contribution < 1.29 is 22.4 Å². The van der Waals surface area contributed by atoms with Crippen molar-refractivity contribution in [2.24, 2.45) is 0 Å². The highest BCUT2D eigenvalue weighted by Gasteiger charge is 2.42. The predicted molar refractivity (Wildman–Crippen MR) is 93.5 cm³/mol. The number of carbonyl (C=O) groups is 1. The van der Waals surface area contributed by atoms with Gasteiger partial charge >= 0.3 is 12.1 Å². The molecule has 0 aliphatic heterocycles. The topological polar surface area (TPSA) is 46.3 Å². The third-order valence-corrected chi connectivity index (χ3v) is 4.39. The number of oxazole rings is 1. The molecule has 3 aromatic rings. The fraction of sp³-hybridized carbons (Fsp3) is 0.176. The minimum atomic E-state index is -4.96. The van der Waals surface area contributed by atoms with Gasteiger partial charge in [0.05, 0.1) is 10.0 Å². The van der Waals surface area contributed by atoms with E-state index in [1.807, 2.05) is 0 Å². The zero-order valence-corrected chi connectivity index (χ0v) is 14.8. The molecule has 0 aliphatic rings. The van der Waals surface area contributed by atoms with Crippen LogP contribution in [0.25, 0.3) is 22.6 Å². The Balaban J connectivity index is 2.01. The monoisotopic (exact) mass is 402 g/mol. The number of amides is 1. The number of nitrogens with zero attached hydrogens (tertiary/aromatic N) is 2. The standard InChI is InChI=1S/C17H11Cl2F3N2O2/c1-2-24(16(25)17(20,21)22)10-4-6-14-13(8-10)23-15(26-14)9-3-5-11(18)12(19)7-9/h3-8H,2H2,1H3. The fourth-order valence-corrected chi connectivity index (χ4v) is 2.73. The Morgan fingerprint density at radius 3 is 2.50 bits per heavy atom. The molecule has 3 rings (SSSR count). The van der Waals surface area contributed by atoms with Crippen LogP contribution in [-0.2, 0) is 4.79 Å². The molecular formula is C17H11Cl2F3N2O2. The molecule has 0 fully saturated rings. The van der Waals surface area contributed by atoms with E-state index >= 15 is 0 Å². The molecule has 0 radical (unpaired) electrons. The smallest absolute Gasteiger partial charge is 0.436 e. The molecule has 26 heavy (non-hydrogen) atoms. The average molecular weight is 403 g/mol. The summed E-state index contributed by atoms with van der Waals surface area (Å²) in [5, 5.41) is 0.693. The van der Waals surface area contributed by atoms with Gasteiger partial charge in [-0.1, -0.05) is 23.2 Å². The molecule has 1 amide bonds. The summed E-state index contributed by atoms with van der Waals surface area (Å²) in [6.45, 7) is 1.32. The van der Waals surface area contributed by atoms with E-state index in [4.69, 9.17) is 27.6 Å². The molecule has 0 atom stereocenters. The van der Waals surface area contributed by atoms with Gasteiger partial charge in [0.2, 0.25) is 5.89 Å². The quantitative estimate of drug-likeness (QED) is 0.562. The normalized spacial score (nSPS) is 11.8. The maximum atomic E-state index is 12.7. The molecular weight excluding hydrogens is 392 g/mol. The van der Waals surface area contributed by atoms with Gasteiger partial charge < -0.3 is 9.32 Å². The first-order valence-electron chi connectivity index (χ1n) is 7.45. The van der Waals surface area contributed by atoms with Crippen molar-refractivity contribution in [3.8, 4) is 11.5 Å². The summed E-state index contributed by atoms with van der Waals surface area (Å²) in [4.78, 5) is 16.5. The van der Waals surface area contributed by atoms with E-state index in [1.165, 1.54) is 25.1 Å². The molecule has 0 bridgehead atoms. The second-order valence-electron chi connectivity index (χ2n) is 5.35. The predicted octanol–water partition coefficient (Wildman–Crippen LogP) is 5.72. The van der Waals surface area contributed by atoms with Crippen molar-refractivity contribution in [3.05, 3.63) is 46.4 Å². The number of aromatic nitrogens is 1. The Bertz CT molecular complexity index is 986. The Morgan fingerprint density at radius 2 is 1.88 bits per heavy atom. The number of anilines is 1. The molecule has 1 heterocycles. The number of alkyl halides is 3. The summed E-state index contributed by atoms with van der Waals surface area (Å²) >= 11 is 11.8. The summed E-state index contributed by atoms with van der Waals surface area (Å²) in [6.07, 6.45) is -4.96. The number of hydrogen-bond donors (Lipinski definition) is 0. The maximum absolute atomic E-state index is 12.7. The van der Waals surface area contributed by atoms with Gasteiger partial charge in [-0.3, -0.25) is 4.79 Å². The zero-order chi connectivity index (χ0) is 19.1. The Kier molecular flexibility index (Phi) is 4.86. The van der Waals surface area contributed by atoms with Gasteiger partial charge in [-0.05, 0) is 43.3 Å². The van der Waals surface area contributed by atoms with Gasteiger partial charge in [0.1, 0.15) is 5.52 Å². The van der Waals surface area contributed by atoms with E-state index in [0.717, 1.165) is 0 Å². The van der Waals surface area contributed by atoms with Crippen LogP contribution in [0.1, 0.15) is 6.92 Å². The lowest BCUT2D eigenvalue weighted by atomic mass is 10.2. The number of benzene rings is 2. The second-order valence-corrected chi connectivity index (χ2v) is 6.16. The third-order valence-electron chi connectivity index (χ3n) is 3.65. The largest absolute Gasteiger partial charge is 0.471 e. The van der Waals surface area contributed by atoms with Gasteiger partial charge in [0.15, 0.2) is 5.58 Å². The van der Waals surface area contributed by atoms with Crippen LogP contribution in [0.2, 0.25) is 10.0 Å². The van der Waals surface area contributed by atoms with Gasteiger partial charge in [0.25, 0.3) is 0 Å². The number of halogens is 5. The van der Waals surface area contributed by atoms with Crippen LogP contribution >= 0.6 is 23.2 Å². The lowest BCUT2D eigenvalue weighted by molar-refractivity contribution is -0.170. The molecule has 0 aliphatic carbocycles. The number of carbonyl (C=O) groups excluding carboxylic acids is 1. The van der Waals surface area contributed by atoms with Crippen LogP contribution in [0.3, 0.4) is 0 Å². The SMILES string of the molecule is CCN(C(=O)C(F)(F)F)c1ccc2oc(-c3ccc(Cl)c(Cl)c3)nc2c1. The Labute approximate surface area is 156 Å². The molecule has 1 aromatic heterocycles. The number of rotatable bonds is 3. The van der Waals surface area contributed by atoms with Crippen molar-refractivity contribution in [1.82, 2.24) is 4.98 Å². The van der Waals surface area contributed by atoms with Gasteiger partial charge in [-0.2, -0.15) is 13.2 Å². The van der Waals surface area contributed by atoms with Gasteiger partial charge in [0, 0.05) is 17.8 Å². The molecule has 0 saturated carbocycles. The van der Waals surface area contributed by atoms with Crippen molar-refractivity contribution in [2.45, 2.75) is 13.1 Å². The van der Waals surface area contributed by atoms with E-state index < -0.39 is 12.1 Å². The molecule has 9 heteroatoms. The molecule has 2 aromatic carbocycles. The van der Waals surface area contributed by atoms with E-state index in [2.05, 4.69) is 4.98 Å². The minimum Gasteiger partial charge on any atom is -0.436 e. The van der Waals surface area contributed by atoms with Crippen LogP contribution in [0, 0.1) is 0 Å². The molecule has 4 nitrogen and oxygen atoms in total. The first-order chi connectivity index (χ1) is 12.2. The first kappa shape index (κ1) is 18.5. The molecule has 0 unspecified atom stereocenters. The zero-order valence-electron chi connectivity index (χ0n) is 13.3. The van der Waals surface area contributed by atoms with Crippen molar-refractivity contribution in [1.29, 1.82) is 0 Å². The van der Waals surface area contributed by atoms with Crippen LogP contribution in [0.15, 0.2) is 40.8 Å².